The molecule has 32 heavy (non-hydrogen) atoms. The smallest absolute Gasteiger partial charge is 0.255 e. The third-order valence-corrected chi connectivity index (χ3v) is 6.31. The van der Waals surface area contributed by atoms with E-state index in [-0.39, 0.29) is 17.7 Å². The minimum absolute atomic E-state index is 0.0133. The van der Waals surface area contributed by atoms with Crippen molar-refractivity contribution in [1.82, 2.24) is 14.8 Å². The van der Waals surface area contributed by atoms with Gasteiger partial charge in [-0.2, -0.15) is 0 Å². The number of likely N-dealkylation sites (tertiary alicyclic amines) is 1. The second-order valence-electron chi connectivity index (χ2n) is 8.37. The molecular formula is C25H31N3O4. The summed E-state index contributed by atoms with van der Waals surface area (Å²) in [5.74, 6) is 1.06. The summed E-state index contributed by atoms with van der Waals surface area (Å²) >= 11 is 0. The third kappa shape index (κ3) is 5.27. The maximum atomic E-state index is 13.1. The minimum Gasteiger partial charge on any atom is -0.497 e. The number of aromatic nitrogens is 1. The van der Waals surface area contributed by atoms with Gasteiger partial charge in [-0.1, -0.05) is 12.1 Å². The monoisotopic (exact) mass is 437 g/mol. The van der Waals surface area contributed by atoms with Crippen LogP contribution in [0.25, 0.3) is 0 Å². The van der Waals surface area contributed by atoms with E-state index < -0.39 is 0 Å². The van der Waals surface area contributed by atoms with Crippen LogP contribution in [0.5, 0.6) is 5.75 Å². The van der Waals surface area contributed by atoms with E-state index in [1.807, 2.05) is 46.2 Å². The number of morpholine rings is 1. The van der Waals surface area contributed by atoms with Crippen LogP contribution in [0.4, 0.5) is 0 Å². The van der Waals surface area contributed by atoms with Crippen LogP contribution in [0.15, 0.2) is 42.6 Å². The van der Waals surface area contributed by atoms with Crippen molar-refractivity contribution in [3.8, 4) is 5.75 Å². The molecule has 7 nitrogen and oxygen atoms in total. The van der Waals surface area contributed by atoms with E-state index in [9.17, 15) is 9.59 Å². The molecular weight excluding hydrogens is 406 g/mol. The number of benzene rings is 1. The zero-order chi connectivity index (χ0) is 22.3. The first kappa shape index (κ1) is 22.3. The Morgan fingerprint density at radius 3 is 2.62 bits per heavy atom. The fourth-order valence-corrected chi connectivity index (χ4v) is 4.49. The SMILES string of the molecule is COc1ccc(CCC(=O)N2CCC[C@H](c3ncccc3C(=O)N3CCOCC3)C2)cc1. The molecule has 0 aliphatic carbocycles. The average Bonchev–Trinajstić information content (AvgIpc) is 2.87. The van der Waals surface area contributed by atoms with E-state index >= 15 is 0 Å². The Kier molecular flexibility index (Phi) is 7.37. The van der Waals surface area contributed by atoms with Crippen molar-refractivity contribution in [2.24, 2.45) is 0 Å². The van der Waals surface area contributed by atoms with Crippen LogP contribution in [0.1, 0.15) is 46.8 Å². The lowest BCUT2D eigenvalue weighted by atomic mass is 9.90. The first-order valence-corrected chi connectivity index (χ1v) is 11.4. The van der Waals surface area contributed by atoms with Crippen molar-refractivity contribution in [1.29, 1.82) is 0 Å². The summed E-state index contributed by atoms with van der Waals surface area (Å²) in [7, 11) is 1.65. The van der Waals surface area contributed by atoms with Gasteiger partial charge in [0.25, 0.3) is 5.91 Å². The third-order valence-electron chi connectivity index (χ3n) is 6.31. The summed E-state index contributed by atoms with van der Waals surface area (Å²) < 4.78 is 10.6. The number of methoxy groups -OCH3 is 1. The molecule has 2 amide bonds. The number of aryl methyl sites for hydroxylation is 1. The summed E-state index contributed by atoms with van der Waals surface area (Å²) in [6, 6.07) is 11.5. The van der Waals surface area contributed by atoms with Crippen LogP contribution in [0, 0.1) is 0 Å². The predicted octanol–water partition coefficient (Wildman–Crippen LogP) is 2.90. The fourth-order valence-electron chi connectivity index (χ4n) is 4.49. The molecule has 2 aliphatic heterocycles. The van der Waals surface area contributed by atoms with E-state index in [0.717, 1.165) is 36.4 Å². The summed E-state index contributed by atoms with van der Waals surface area (Å²) in [5, 5.41) is 0. The molecule has 2 aliphatic rings. The molecule has 0 unspecified atom stereocenters. The Morgan fingerprint density at radius 1 is 1.09 bits per heavy atom. The van der Waals surface area contributed by atoms with Gasteiger partial charge in [0.2, 0.25) is 5.91 Å². The number of amides is 2. The van der Waals surface area contributed by atoms with Gasteiger partial charge in [-0.3, -0.25) is 14.6 Å². The highest BCUT2D eigenvalue weighted by Gasteiger charge is 2.30. The van der Waals surface area contributed by atoms with Crippen LogP contribution in [-0.4, -0.2) is 73.1 Å². The normalized spacial score (nSPS) is 19.0. The average molecular weight is 438 g/mol. The van der Waals surface area contributed by atoms with Gasteiger partial charge in [0, 0.05) is 44.7 Å². The van der Waals surface area contributed by atoms with Crippen LogP contribution in [0.2, 0.25) is 0 Å². The van der Waals surface area contributed by atoms with Gasteiger partial charge in [-0.05, 0) is 49.1 Å². The fraction of sp³-hybridized carbons (Fsp3) is 0.480. The largest absolute Gasteiger partial charge is 0.497 e. The summed E-state index contributed by atoms with van der Waals surface area (Å²) in [5.41, 5.74) is 2.60. The Balaban J connectivity index is 1.40. The molecule has 0 spiro atoms. The first-order valence-electron chi connectivity index (χ1n) is 11.4. The zero-order valence-corrected chi connectivity index (χ0v) is 18.7. The van der Waals surface area contributed by atoms with Gasteiger partial charge in [-0.15, -0.1) is 0 Å². The Hall–Kier alpha value is -2.93. The van der Waals surface area contributed by atoms with Crippen LogP contribution in [-0.2, 0) is 16.0 Å². The molecule has 2 saturated heterocycles. The molecule has 0 N–H and O–H groups in total. The molecule has 0 radical (unpaired) electrons. The highest BCUT2D eigenvalue weighted by molar-refractivity contribution is 5.95. The maximum absolute atomic E-state index is 13.1. The van der Waals surface area contributed by atoms with Crippen LogP contribution in [0.3, 0.4) is 0 Å². The molecule has 1 aromatic carbocycles. The molecule has 0 bridgehead atoms. The number of hydrogen-bond acceptors (Lipinski definition) is 5. The minimum atomic E-state index is 0.0133. The van der Waals surface area contributed by atoms with Crippen molar-refractivity contribution in [2.45, 2.75) is 31.6 Å². The van der Waals surface area contributed by atoms with E-state index in [1.165, 1.54) is 0 Å². The zero-order valence-electron chi connectivity index (χ0n) is 18.7. The number of carbonyl (C=O) groups excluding carboxylic acids is 2. The van der Waals surface area contributed by atoms with Crippen LogP contribution < -0.4 is 4.74 Å². The second kappa shape index (κ2) is 10.6. The Bertz CT molecular complexity index is 925. The van der Waals surface area contributed by atoms with Crippen molar-refractivity contribution >= 4 is 11.8 Å². The van der Waals surface area contributed by atoms with Gasteiger partial charge in [0.15, 0.2) is 0 Å². The number of rotatable bonds is 6. The second-order valence-corrected chi connectivity index (χ2v) is 8.37. The highest BCUT2D eigenvalue weighted by atomic mass is 16.5. The highest BCUT2D eigenvalue weighted by Crippen LogP contribution is 2.29. The molecule has 1 atom stereocenters. The van der Waals surface area contributed by atoms with Crippen molar-refractivity contribution in [2.75, 3.05) is 46.5 Å². The van der Waals surface area contributed by atoms with Gasteiger partial charge in [0.1, 0.15) is 5.75 Å². The predicted molar refractivity (Wildman–Crippen MR) is 121 cm³/mol. The molecule has 3 heterocycles. The van der Waals surface area contributed by atoms with E-state index in [1.54, 1.807) is 13.3 Å². The number of carbonyl (C=O) groups is 2. The molecule has 4 rings (SSSR count). The molecule has 2 aromatic rings. The standard InChI is InChI=1S/C25H31N3O4/c1-31-21-9-6-19(7-10-21)8-11-23(29)28-13-3-4-20(18-28)24-22(5-2-12-26-24)25(30)27-14-16-32-17-15-27/h2,5-7,9-10,12,20H,3-4,8,11,13-18H2,1H3/t20-/m0/s1. The van der Waals surface area contributed by atoms with E-state index in [0.29, 0.717) is 51.3 Å². The lowest BCUT2D eigenvalue weighted by Crippen LogP contribution is -2.42. The summed E-state index contributed by atoms with van der Waals surface area (Å²) in [4.78, 5) is 34.4. The van der Waals surface area contributed by atoms with Gasteiger partial charge in [0.05, 0.1) is 31.6 Å². The molecule has 170 valence electrons. The van der Waals surface area contributed by atoms with Gasteiger partial charge < -0.3 is 19.3 Å². The number of piperidine rings is 1. The van der Waals surface area contributed by atoms with E-state index in [2.05, 4.69) is 4.98 Å². The van der Waals surface area contributed by atoms with Crippen molar-refractivity contribution in [3.05, 3.63) is 59.4 Å². The lowest BCUT2D eigenvalue weighted by Gasteiger charge is -2.34. The molecule has 2 fully saturated rings. The number of ether oxygens (including phenoxy) is 2. The number of pyridine rings is 1. The quantitative estimate of drug-likeness (QED) is 0.695. The van der Waals surface area contributed by atoms with Crippen molar-refractivity contribution < 1.29 is 19.1 Å². The Morgan fingerprint density at radius 2 is 1.88 bits per heavy atom. The lowest BCUT2D eigenvalue weighted by molar-refractivity contribution is -0.132. The molecule has 7 heteroatoms. The van der Waals surface area contributed by atoms with Crippen LogP contribution >= 0.6 is 0 Å². The first-order chi connectivity index (χ1) is 15.7. The Labute approximate surface area is 189 Å². The van der Waals surface area contributed by atoms with E-state index in [4.69, 9.17) is 9.47 Å². The topological polar surface area (TPSA) is 72.0 Å². The van der Waals surface area contributed by atoms with Gasteiger partial charge in [-0.25, -0.2) is 0 Å². The molecule has 0 saturated carbocycles. The number of hydrogen-bond donors (Lipinski definition) is 0. The summed E-state index contributed by atoms with van der Waals surface area (Å²) in [6.45, 7) is 3.73. The summed E-state index contributed by atoms with van der Waals surface area (Å²) in [6.07, 6.45) is 4.77. The number of nitrogens with zero attached hydrogens (tertiary/aromatic N) is 3. The van der Waals surface area contributed by atoms with Crippen molar-refractivity contribution in [3.63, 3.8) is 0 Å². The maximum Gasteiger partial charge on any atom is 0.255 e. The van der Waals surface area contributed by atoms with Gasteiger partial charge >= 0.3 is 0 Å². The molecule has 1 aromatic heterocycles.